The third-order valence-electron chi connectivity index (χ3n) is 2.11. The summed E-state index contributed by atoms with van der Waals surface area (Å²) in [6.45, 7) is -0.291. The lowest BCUT2D eigenvalue weighted by Gasteiger charge is -2.04. The molecule has 0 aromatic heterocycles. The maximum atomic E-state index is 10.8. The summed E-state index contributed by atoms with van der Waals surface area (Å²) in [5.41, 5.74) is -1.06. The fraction of sp³-hybridized carbons (Fsp3) is 0.222. The van der Waals surface area contributed by atoms with Crippen molar-refractivity contribution in [3.63, 3.8) is 0 Å². The van der Waals surface area contributed by atoms with Gasteiger partial charge in [-0.15, -0.1) is 0 Å². The average Bonchev–Trinajstić information content (AvgIpc) is 2.71. The molecule has 0 amide bonds. The number of benzene rings is 1. The van der Waals surface area contributed by atoms with Crippen LogP contribution in [0.2, 0.25) is 0 Å². The van der Waals surface area contributed by atoms with Crippen LogP contribution in [-0.2, 0) is 11.3 Å². The van der Waals surface area contributed by atoms with Crippen LogP contribution in [0.25, 0.3) is 0 Å². The first kappa shape index (κ1) is 11.5. The SMILES string of the molecule is O=C(Cl)OCc1cc2c(cc1[N+](=O)[O-])OCO2. The highest BCUT2D eigenvalue weighted by atomic mass is 35.5. The fourth-order valence-corrected chi connectivity index (χ4v) is 1.45. The first-order valence-electron chi connectivity index (χ1n) is 4.47. The predicted octanol–water partition coefficient (Wildman–Crippen LogP) is 2.20. The number of hydrogen-bond donors (Lipinski definition) is 0. The normalized spacial score (nSPS) is 12.3. The van der Waals surface area contributed by atoms with Gasteiger partial charge in [-0.3, -0.25) is 10.1 Å². The van der Waals surface area contributed by atoms with Crippen molar-refractivity contribution in [2.75, 3.05) is 6.79 Å². The zero-order valence-electron chi connectivity index (χ0n) is 8.34. The third kappa shape index (κ3) is 2.39. The largest absolute Gasteiger partial charge is 0.454 e. The van der Waals surface area contributed by atoms with E-state index in [1.807, 2.05) is 0 Å². The molecule has 1 aliphatic heterocycles. The second kappa shape index (κ2) is 4.46. The summed E-state index contributed by atoms with van der Waals surface area (Å²) in [6, 6.07) is 2.61. The molecule has 2 rings (SSSR count). The van der Waals surface area contributed by atoms with E-state index in [4.69, 9.17) is 21.1 Å². The molecule has 0 fully saturated rings. The highest BCUT2D eigenvalue weighted by Gasteiger charge is 2.23. The lowest BCUT2D eigenvalue weighted by molar-refractivity contribution is -0.385. The van der Waals surface area contributed by atoms with Crippen molar-refractivity contribution in [3.8, 4) is 11.5 Å². The molecule has 0 bridgehead atoms. The Morgan fingerprint density at radius 2 is 2.12 bits per heavy atom. The maximum absolute atomic E-state index is 10.8. The number of nitrogens with zero attached hydrogens (tertiary/aromatic N) is 1. The van der Waals surface area contributed by atoms with Crippen LogP contribution in [0.5, 0.6) is 11.5 Å². The van der Waals surface area contributed by atoms with E-state index in [9.17, 15) is 14.9 Å². The molecule has 1 aromatic carbocycles. The second-order valence-corrected chi connectivity index (χ2v) is 3.43. The van der Waals surface area contributed by atoms with E-state index in [0.717, 1.165) is 0 Å². The van der Waals surface area contributed by atoms with Crippen molar-refractivity contribution in [2.24, 2.45) is 0 Å². The van der Waals surface area contributed by atoms with Crippen LogP contribution in [0.4, 0.5) is 10.5 Å². The Kier molecular flexibility index (Phi) is 3.01. The van der Waals surface area contributed by atoms with Crippen LogP contribution in [-0.4, -0.2) is 17.1 Å². The van der Waals surface area contributed by atoms with Crippen LogP contribution >= 0.6 is 11.6 Å². The Morgan fingerprint density at radius 3 is 2.71 bits per heavy atom. The predicted molar refractivity (Wildman–Crippen MR) is 55.3 cm³/mol. The van der Waals surface area contributed by atoms with E-state index < -0.39 is 10.4 Å². The van der Waals surface area contributed by atoms with Gasteiger partial charge in [0.2, 0.25) is 6.79 Å². The number of nitro benzene ring substituents is 1. The Bertz CT molecular complexity index is 489. The molecule has 0 saturated heterocycles. The van der Waals surface area contributed by atoms with Gasteiger partial charge in [-0.2, -0.15) is 0 Å². The molecule has 1 aromatic rings. The number of halogens is 1. The number of ether oxygens (including phenoxy) is 3. The number of rotatable bonds is 3. The van der Waals surface area contributed by atoms with Crippen LogP contribution < -0.4 is 9.47 Å². The van der Waals surface area contributed by atoms with Crippen molar-refractivity contribution < 1.29 is 23.9 Å². The summed E-state index contributed by atoms with van der Waals surface area (Å²) in [5, 5.41) is 10.8. The summed E-state index contributed by atoms with van der Waals surface area (Å²) < 4.78 is 14.6. The van der Waals surface area contributed by atoms with Crippen LogP contribution in [0, 0.1) is 10.1 Å². The first-order valence-corrected chi connectivity index (χ1v) is 4.85. The number of nitro groups is 1. The summed E-state index contributed by atoms with van der Waals surface area (Å²) in [5.74, 6) is 0.661. The molecule has 0 N–H and O–H groups in total. The van der Waals surface area contributed by atoms with Crippen LogP contribution in [0.1, 0.15) is 5.56 Å². The molecule has 90 valence electrons. The quantitative estimate of drug-likeness (QED) is 0.470. The van der Waals surface area contributed by atoms with Crippen molar-refractivity contribution in [3.05, 3.63) is 27.8 Å². The Labute approximate surface area is 100.0 Å². The summed E-state index contributed by atoms with van der Waals surface area (Å²) in [4.78, 5) is 20.7. The lowest BCUT2D eigenvalue weighted by atomic mass is 10.1. The Morgan fingerprint density at radius 1 is 1.47 bits per heavy atom. The van der Waals surface area contributed by atoms with E-state index in [1.165, 1.54) is 12.1 Å². The van der Waals surface area contributed by atoms with Gasteiger partial charge in [-0.25, -0.2) is 4.79 Å². The van der Waals surface area contributed by atoms with Gasteiger partial charge in [-0.1, -0.05) is 0 Å². The van der Waals surface area contributed by atoms with Gasteiger partial charge in [0.05, 0.1) is 16.6 Å². The van der Waals surface area contributed by atoms with E-state index in [2.05, 4.69) is 4.74 Å². The van der Waals surface area contributed by atoms with Crippen molar-refractivity contribution in [2.45, 2.75) is 6.61 Å². The maximum Gasteiger partial charge on any atom is 0.404 e. The summed E-state index contributed by atoms with van der Waals surface area (Å²) in [7, 11) is 0. The highest BCUT2D eigenvalue weighted by Crippen LogP contribution is 2.38. The number of carbonyl (C=O) groups excluding carboxylic acids is 1. The minimum Gasteiger partial charge on any atom is -0.454 e. The van der Waals surface area contributed by atoms with E-state index in [-0.39, 0.29) is 30.4 Å². The van der Waals surface area contributed by atoms with Crippen LogP contribution in [0.15, 0.2) is 12.1 Å². The zero-order valence-corrected chi connectivity index (χ0v) is 9.10. The van der Waals surface area contributed by atoms with Gasteiger partial charge in [0, 0.05) is 11.6 Å². The van der Waals surface area contributed by atoms with Crippen LogP contribution in [0.3, 0.4) is 0 Å². The van der Waals surface area contributed by atoms with E-state index >= 15 is 0 Å². The molecule has 7 nitrogen and oxygen atoms in total. The molecule has 0 spiro atoms. The standard InChI is InChI=1S/C9H6ClNO6/c10-9(12)15-3-5-1-7-8(17-4-16-7)2-6(5)11(13)14/h1-2H,3-4H2. The minimum absolute atomic E-state index is 0.00519. The number of fused-ring (bicyclic) bond motifs is 1. The second-order valence-electron chi connectivity index (χ2n) is 3.12. The molecule has 0 atom stereocenters. The van der Waals surface area contributed by atoms with E-state index in [0.29, 0.717) is 5.75 Å². The van der Waals surface area contributed by atoms with Crippen molar-refractivity contribution in [1.29, 1.82) is 0 Å². The molecule has 8 heteroatoms. The van der Waals surface area contributed by atoms with Crippen molar-refractivity contribution >= 4 is 22.7 Å². The molecule has 0 unspecified atom stereocenters. The first-order chi connectivity index (χ1) is 8.08. The third-order valence-corrected chi connectivity index (χ3v) is 2.22. The molecule has 17 heavy (non-hydrogen) atoms. The molecule has 1 heterocycles. The summed E-state index contributed by atoms with van der Waals surface area (Å²) in [6.07, 6.45) is 0. The van der Waals surface area contributed by atoms with Gasteiger partial charge in [0.15, 0.2) is 11.5 Å². The monoisotopic (exact) mass is 259 g/mol. The molecule has 0 saturated carbocycles. The topological polar surface area (TPSA) is 87.9 Å². The highest BCUT2D eigenvalue weighted by molar-refractivity contribution is 6.61. The average molecular weight is 260 g/mol. The zero-order chi connectivity index (χ0) is 12.4. The molecule has 1 aliphatic rings. The van der Waals surface area contributed by atoms with Gasteiger partial charge in [0.1, 0.15) is 6.61 Å². The van der Waals surface area contributed by atoms with Gasteiger partial charge in [0.25, 0.3) is 5.69 Å². The molecular weight excluding hydrogens is 254 g/mol. The summed E-state index contributed by atoms with van der Waals surface area (Å²) >= 11 is 4.99. The van der Waals surface area contributed by atoms with Crippen molar-refractivity contribution in [1.82, 2.24) is 0 Å². The molecule has 0 radical (unpaired) electrons. The fourth-order valence-electron chi connectivity index (χ4n) is 1.39. The van der Waals surface area contributed by atoms with Gasteiger partial charge in [-0.05, 0) is 6.07 Å². The number of carbonyl (C=O) groups is 1. The Balaban J connectivity index is 2.34. The smallest absolute Gasteiger partial charge is 0.404 e. The van der Waals surface area contributed by atoms with Gasteiger partial charge >= 0.3 is 5.43 Å². The Hall–Kier alpha value is -2.02. The molecule has 0 aliphatic carbocycles. The number of hydrogen-bond acceptors (Lipinski definition) is 6. The van der Waals surface area contributed by atoms with E-state index in [1.54, 1.807) is 0 Å². The van der Waals surface area contributed by atoms with Gasteiger partial charge < -0.3 is 14.2 Å². The lowest BCUT2D eigenvalue weighted by Crippen LogP contribution is -2.00. The molecular formula is C9H6ClNO6. The minimum atomic E-state index is -1.03.